The van der Waals surface area contributed by atoms with Gasteiger partial charge in [-0.2, -0.15) is 0 Å². The van der Waals surface area contributed by atoms with Crippen molar-refractivity contribution >= 4 is 27.5 Å². The molecule has 0 aliphatic rings. The van der Waals surface area contributed by atoms with Crippen LogP contribution in [0, 0.1) is 6.92 Å². The van der Waals surface area contributed by atoms with Crippen LogP contribution in [0.3, 0.4) is 0 Å². The third-order valence-electron chi connectivity index (χ3n) is 3.07. The van der Waals surface area contributed by atoms with E-state index in [0.29, 0.717) is 5.02 Å². The summed E-state index contributed by atoms with van der Waals surface area (Å²) in [6, 6.07) is 14.4. The van der Waals surface area contributed by atoms with Crippen LogP contribution in [0.5, 0.6) is 0 Å². The van der Waals surface area contributed by atoms with Gasteiger partial charge in [-0.3, -0.25) is 11.3 Å². The highest BCUT2D eigenvalue weighted by Crippen LogP contribution is 2.27. The fourth-order valence-corrected chi connectivity index (χ4v) is 2.51. The Morgan fingerprint density at radius 3 is 2.68 bits per heavy atom. The van der Waals surface area contributed by atoms with Crippen molar-refractivity contribution in [1.82, 2.24) is 5.43 Å². The first-order valence-electron chi connectivity index (χ1n) is 6.07. The van der Waals surface area contributed by atoms with Crippen LogP contribution < -0.4 is 11.3 Å². The van der Waals surface area contributed by atoms with Gasteiger partial charge in [0.15, 0.2) is 0 Å². The SMILES string of the molecule is Cc1cccc(CC(NN)c2ccc(Br)c(Cl)c2)c1. The second-order valence-corrected chi connectivity index (χ2v) is 5.85. The quantitative estimate of drug-likeness (QED) is 0.648. The number of hydrogen-bond donors (Lipinski definition) is 2. The minimum Gasteiger partial charge on any atom is -0.271 e. The third kappa shape index (κ3) is 3.80. The molecule has 0 aromatic heterocycles. The van der Waals surface area contributed by atoms with Crippen molar-refractivity contribution in [2.45, 2.75) is 19.4 Å². The molecule has 2 rings (SSSR count). The summed E-state index contributed by atoms with van der Waals surface area (Å²) in [6.07, 6.45) is 0.830. The Morgan fingerprint density at radius 2 is 2.05 bits per heavy atom. The van der Waals surface area contributed by atoms with Gasteiger partial charge in [0.05, 0.1) is 11.1 Å². The van der Waals surface area contributed by atoms with E-state index in [1.807, 2.05) is 18.2 Å². The molecular weight excluding hydrogens is 324 g/mol. The van der Waals surface area contributed by atoms with Crippen LogP contribution in [0.4, 0.5) is 0 Å². The second-order valence-electron chi connectivity index (χ2n) is 4.59. The first kappa shape index (κ1) is 14.5. The van der Waals surface area contributed by atoms with E-state index in [1.54, 1.807) is 0 Å². The predicted molar refractivity (Wildman–Crippen MR) is 84.1 cm³/mol. The molecule has 0 saturated heterocycles. The van der Waals surface area contributed by atoms with Gasteiger partial charge in [0.2, 0.25) is 0 Å². The molecule has 19 heavy (non-hydrogen) atoms. The first-order valence-corrected chi connectivity index (χ1v) is 7.24. The van der Waals surface area contributed by atoms with Gasteiger partial charge in [0, 0.05) is 4.47 Å². The molecule has 0 spiro atoms. The van der Waals surface area contributed by atoms with Gasteiger partial charge in [-0.15, -0.1) is 0 Å². The topological polar surface area (TPSA) is 38.0 Å². The van der Waals surface area contributed by atoms with Crippen molar-refractivity contribution in [3.63, 3.8) is 0 Å². The zero-order chi connectivity index (χ0) is 13.8. The van der Waals surface area contributed by atoms with Gasteiger partial charge in [-0.05, 0) is 52.5 Å². The Bertz CT molecular complexity index is 572. The van der Waals surface area contributed by atoms with E-state index in [2.05, 4.69) is 52.5 Å². The van der Waals surface area contributed by atoms with Crippen LogP contribution in [-0.2, 0) is 6.42 Å². The molecule has 0 bridgehead atoms. The maximum absolute atomic E-state index is 6.13. The number of nitrogens with one attached hydrogen (secondary N) is 1. The number of hydrogen-bond acceptors (Lipinski definition) is 2. The lowest BCUT2D eigenvalue weighted by atomic mass is 9.98. The molecule has 100 valence electrons. The predicted octanol–water partition coefficient (Wildman–Crippen LogP) is 4.16. The summed E-state index contributed by atoms with van der Waals surface area (Å²) in [5, 5.41) is 0.696. The van der Waals surface area contributed by atoms with E-state index < -0.39 is 0 Å². The van der Waals surface area contributed by atoms with Crippen molar-refractivity contribution in [2.75, 3.05) is 0 Å². The van der Waals surface area contributed by atoms with Crippen LogP contribution >= 0.6 is 27.5 Å². The molecule has 0 heterocycles. The van der Waals surface area contributed by atoms with Crippen LogP contribution in [-0.4, -0.2) is 0 Å². The number of benzene rings is 2. The standard InChI is InChI=1S/C15H16BrClN2/c1-10-3-2-4-11(7-10)8-15(19-18)12-5-6-13(16)14(17)9-12/h2-7,9,15,19H,8,18H2,1H3. The molecule has 2 aromatic rings. The van der Waals surface area contributed by atoms with E-state index in [0.717, 1.165) is 16.5 Å². The van der Waals surface area contributed by atoms with Gasteiger partial charge in [0.1, 0.15) is 0 Å². The van der Waals surface area contributed by atoms with Gasteiger partial charge in [-0.1, -0.05) is 47.5 Å². The van der Waals surface area contributed by atoms with Crippen molar-refractivity contribution < 1.29 is 0 Å². The molecule has 0 radical (unpaired) electrons. The van der Waals surface area contributed by atoms with Gasteiger partial charge in [0.25, 0.3) is 0 Å². The maximum Gasteiger partial charge on any atom is 0.0551 e. The minimum absolute atomic E-state index is 0.0485. The molecule has 3 N–H and O–H groups in total. The fraction of sp³-hybridized carbons (Fsp3) is 0.200. The second kappa shape index (κ2) is 6.53. The first-order chi connectivity index (χ1) is 9.10. The summed E-state index contributed by atoms with van der Waals surface area (Å²) >= 11 is 9.52. The Kier molecular flexibility index (Phi) is 4.99. The Labute approximate surface area is 127 Å². The maximum atomic E-state index is 6.13. The molecule has 2 aromatic carbocycles. The number of halogens is 2. The van der Waals surface area contributed by atoms with Crippen LogP contribution in [0.15, 0.2) is 46.9 Å². The summed E-state index contributed by atoms with van der Waals surface area (Å²) in [4.78, 5) is 0. The molecule has 0 aliphatic carbocycles. The van der Waals surface area contributed by atoms with Crippen molar-refractivity contribution in [3.8, 4) is 0 Å². The molecule has 0 aliphatic heterocycles. The van der Waals surface area contributed by atoms with Gasteiger partial charge in [-0.25, -0.2) is 0 Å². The van der Waals surface area contributed by atoms with Crippen molar-refractivity contribution in [1.29, 1.82) is 0 Å². The summed E-state index contributed by atoms with van der Waals surface area (Å²) in [7, 11) is 0. The summed E-state index contributed by atoms with van der Waals surface area (Å²) < 4.78 is 0.893. The number of rotatable bonds is 4. The molecule has 4 heteroatoms. The Morgan fingerprint density at radius 1 is 1.26 bits per heavy atom. The molecule has 1 unspecified atom stereocenters. The summed E-state index contributed by atoms with van der Waals surface area (Å²) in [6.45, 7) is 2.09. The summed E-state index contributed by atoms with van der Waals surface area (Å²) in [5.74, 6) is 5.67. The third-order valence-corrected chi connectivity index (χ3v) is 4.30. The highest BCUT2D eigenvalue weighted by Gasteiger charge is 2.12. The molecule has 0 fully saturated rings. The lowest BCUT2D eigenvalue weighted by Gasteiger charge is -2.17. The van der Waals surface area contributed by atoms with Crippen LogP contribution in [0.25, 0.3) is 0 Å². The lowest BCUT2D eigenvalue weighted by Crippen LogP contribution is -2.29. The average Bonchev–Trinajstić information content (AvgIpc) is 2.39. The van der Waals surface area contributed by atoms with Crippen molar-refractivity contribution in [3.05, 3.63) is 68.7 Å². The Hall–Kier alpha value is -0.870. The van der Waals surface area contributed by atoms with E-state index >= 15 is 0 Å². The summed E-state index contributed by atoms with van der Waals surface area (Å²) in [5.41, 5.74) is 6.44. The van der Waals surface area contributed by atoms with Gasteiger partial charge >= 0.3 is 0 Å². The average molecular weight is 340 g/mol. The van der Waals surface area contributed by atoms with Crippen LogP contribution in [0.1, 0.15) is 22.7 Å². The monoisotopic (exact) mass is 338 g/mol. The Balaban J connectivity index is 2.22. The zero-order valence-electron chi connectivity index (χ0n) is 10.7. The van der Waals surface area contributed by atoms with Crippen LogP contribution in [0.2, 0.25) is 5.02 Å². The highest BCUT2D eigenvalue weighted by atomic mass is 79.9. The smallest absolute Gasteiger partial charge is 0.0551 e. The molecular formula is C15H16BrClN2. The highest BCUT2D eigenvalue weighted by molar-refractivity contribution is 9.10. The molecule has 2 nitrogen and oxygen atoms in total. The molecule has 1 atom stereocenters. The van der Waals surface area contributed by atoms with E-state index in [4.69, 9.17) is 17.4 Å². The lowest BCUT2D eigenvalue weighted by molar-refractivity contribution is 0.552. The number of nitrogens with two attached hydrogens (primary N) is 1. The number of aryl methyl sites for hydroxylation is 1. The van der Waals surface area contributed by atoms with Crippen molar-refractivity contribution in [2.24, 2.45) is 5.84 Å². The molecule has 0 saturated carbocycles. The normalized spacial score (nSPS) is 12.4. The van der Waals surface area contributed by atoms with Gasteiger partial charge < -0.3 is 0 Å². The largest absolute Gasteiger partial charge is 0.271 e. The zero-order valence-corrected chi connectivity index (χ0v) is 13.0. The minimum atomic E-state index is 0.0485. The van der Waals surface area contributed by atoms with E-state index in [9.17, 15) is 0 Å². The molecule has 0 amide bonds. The van der Waals surface area contributed by atoms with E-state index in [-0.39, 0.29) is 6.04 Å². The van der Waals surface area contributed by atoms with E-state index in [1.165, 1.54) is 11.1 Å². The fourth-order valence-electron chi connectivity index (χ4n) is 2.08. The number of hydrazine groups is 1.